The summed E-state index contributed by atoms with van der Waals surface area (Å²) >= 11 is 0. The Hall–Kier alpha value is -1.54. The normalized spacial score (nSPS) is 12.8. The highest BCUT2D eigenvalue weighted by Gasteiger charge is 2.12. The first kappa shape index (κ1) is 14.9. The molecule has 1 atom stereocenters. The van der Waals surface area contributed by atoms with E-state index in [-0.39, 0.29) is 0 Å². The van der Waals surface area contributed by atoms with Crippen LogP contribution in [0.5, 0.6) is 0 Å². The Morgan fingerprint density at radius 1 is 1.10 bits per heavy atom. The first-order chi connectivity index (χ1) is 9.63. The Kier molecular flexibility index (Phi) is 5.42. The second kappa shape index (κ2) is 7.30. The predicted molar refractivity (Wildman–Crippen MR) is 83.9 cm³/mol. The van der Waals surface area contributed by atoms with Gasteiger partial charge >= 0.3 is 0 Å². The van der Waals surface area contributed by atoms with E-state index in [1.54, 1.807) is 6.26 Å². The lowest BCUT2D eigenvalue weighted by molar-refractivity contribution is 0.442. The van der Waals surface area contributed by atoms with Crippen LogP contribution in [-0.4, -0.2) is 12.6 Å². The average molecular weight is 271 g/mol. The molecule has 0 saturated heterocycles. The molecule has 0 fully saturated rings. The Morgan fingerprint density at radius 2 is 1.90 bits per heavy atom. The topological polar surface area (TPSA) is 25.2 Å². The first-order valence-corrected chi connectivity index (χ1v) is 7.43. The number of hydrogen-bond donors (Lipinski definition) is 1. The molecule has 0 aliphatic heterocycles. The molecule has 1 heterocycles. The zero-order valence-corrected chi connectivity index (χ0v) is 12.7. The summed E-state index contributed by atoms with van der Waals surface area (Å²) in [6, 6.07) is 11.4. The third-order valence-corrected chi connectivity index (χ3v) is 3.53. The van der Waals surface area contributed by atoms with E-state index in [0.29, 0.717) is 12.0 Å². The maximum absolute atomic E-state index is 5.19. The van der Waals surface area contributed by atoms with E-state index in [9.17, 15) is 0 Å². The van der Waals surface area contributed by atoms with Crippen LogP contribution in [-0.2, 0) is 12.8 Å². The largest absolute Gasteiger partial charge is 0.472 e. The van der Waals surface area contributed by atoms with Gasteiger partial charge in [-0.2, -0.15) is 0 Å². The van der Waals surface area contributed by atoms with E-state index in [2.05, 4.69) is 56.4 Å². The fourth-order valence-corrected chi connectivity index (χ4v) is 2.53. The maximum atomic E-state index is 5.19. The van der Waals surface area contributed by atoms with Crippen LogP contribution in [0.1, 0.15) is 30.5 Å². The third kappa shape index (κ3) is 4.86. The number of furan rings is 1. The van der Waals surface area contributed by atoms with E-state index in [0.717, 1.165) is 19.4 Å². The van der Waals surface area contributed by atoms with Gasteiger partial charge in [-0.05, 0) is 49.4 Å². The quantitative estimate of drug-likeness (QED) is 0.823. The van der Waals surface area contributed by atoms with Crippen LogP contribution < -0.4 is 5.32 Å². The van der Waals surface area contributed by atoms with Gasteiger partial charge in [0.15, 0.2) is 0 Å². The molecule has 1 unspecified atom stereocenters. The summed E-state index contributed by atoms with van der Waals surface area (Å²) in [7, 11) is 0. The monoisotopic (exact) mass is 271 g/mol. The fraction of sp³-hybridized carbons (Fsp3) is 0.444. The number of hydrogen-bond acceptors (Lipinski definition) is 2. The minimum atomic E-state index is 0.527. The molecule has 2 heteroatoms. The summed E-state index contributed by atoms with van der Waals surface area (Å²) < 4.78 is 5.19. The van der Waals surface area contributed by atoms with Gasteiger partial charge in [-0.3, -0.25) is 0 Å². The van der Waals surface area contributed by atoms with Gasteiger partial charge in [0.05, 0.1) is 12.5 Å². The highest BCUT2D eigenvalue weighted by molar-refractivity contribution is 5.23. The van der Waals surface area contributed by atoms with E-state index in [4.69, 9.17) is 4.42 Å². The van der Waals surface area contributed by atoms with Gasteiger partial charge in [0.1, 0.15) is 0 Å². The van der Waals surface area contributed by atoms with Crippen molar-refractivity contribution >= 4 is 0 Å². The number of aryl methyl sites for hydroxylation is 1. The summed E-state index contributed by atoms with van der Waals surface area (Å²) in [6.07, 6.45) is 5.78. The van der Waals surface area contributed by atoms with Crippen molar-refractivity contribution in [3.63, 3.8) is 0 Å². The molecule has 2 nitrogen and oxygen atoms in total. The average Bonchev–Trinajstić information content (AvgIpc) is 2.89. The molecule has 1 aromatic carbocycles. The van der Waals surface area contributed by atoms with E-state index in [1.807, 2.05) is 6.26 Å². The number of rotatable bonds is 7. The zero-order chi connectivity index (χ0) is 14.4. The molecule has 108 valence electrons. The predicted octanol–water partition coefficient (Wildman–Crippen LogP) is 3.99. The SMILES string of the molecule is Cc1cccc(CC(CNC(C)C)Cc2ccoc2)c1. The van der Waals surface area contributed by atoms with Gasteiger partial charge in [0.2, 0.25) is 0 Å². The van der Waals surface area contributed by atoms with E-state index < -0.39 is 0 Å². The molecule has 2 aromatic rings. The van der Waals surface area contributed by atoms with Crippen molar-refractivity contribution in [3.8, 4) is 0 Å². The van der Waals surface area contributed by atoms with Crippen LogP contribution in [0.3, 0.4) is 0 Å². The molecular formula is C18H25NO. The molecule has 0 amide bonds. The van der Waals surface area contributed by atoms with Gasteiger partial charge in [-0.25, -0.2) is 0 Å². The molecule has 1 N–H and O–H groups in total. The van der Waals surface area contributed by atoms with E-state index in [1.165, 1.54) is 16.7 Å². The van der Waals surface area contributed by atoms with Gasteiger partial charge in [0.25, 0.3) is 0 Å². The van der Waals surface area contributed by atoms with Gasteiger partial charge < -0.3 is 9.73 Å². The van der Waals surface area contributed by atoms with Crippen LogP contribution in [0.25, 0.3) is 0 Å². The summed E-state index contributed by atoms with van der Waals surface area (Å²) in [5.74, 6) is 0.594. The summed E-state index contributed by atoms with van der Waals surface area (Å²) in [5, 5.41) is 3.56. The van der Waals surface area contributed by atoms with Crippen molar-refractivity contribution in [2.24, 2.45) is 5.92 Å². The van der Waals surface area contributed by atoms with Crippen LogP contribution >= 0.6 is 0 Å². The van der Waals surface area contributed by atoms with E-state index >= 15 is 0 Å². The lowest BCUT2D eigenvalue weighted by Crippen LogP contribution is -2.31. The molecule has 0 radical (unpaired) electrons. The Labute approximate surface area is 122 Å². The molecule has 20 heavy (non-hydrogen) atoms. The Morgan fingerprint density at radius 3 is 2.55 bits per heavy atom. The molecular weight excluding hydrogens is 246 g/mol. The van der Waals surface area contributed by atoms with Crippen molar-refractivity contribution in [2.75, 3.05) is 6.54 Å². The highest BCUT2D eigenvalue weighted by atomic mass is 16.3. The van der Waals surface area contributed by atoms with Crippen molar-refractivity contribution in [1.82, 2.24) is 5.32 Å². The second-order valence-corrected chi connectivity index (χ2v) is 5.96. The summed E-state index contributed by atoms with van der Waals surface area (Å²) in [6.45, 7) is 7.58. The van der Waals surface area contributed by atoms with Gasteiger partial charge in [0, 0.05) is 6.04 Å². The highest BCUT2D eigenvalue weighted by Crippen LogP contribution is 2.16. The van der Waals surface area contributed by atoms with Crippen molar-refractivity contribution in [3.05, 3.63) is 59.5 Å². The minimum absolute atomic E-state index is 0.527. The smallest absolute Gasteiger partial charge is 0.0934 e. The molecule has 0 saturated carbocycles. The van der Waals surface area contributed by atoms with Gasteiger partial charge in [-0.1, -0.05) is 43.7 Å². The van der Waals surface area contributed by atoms with Crippen LogP contribution in [0.4, 0.5) is 0 Å². The minimum Gasteiger partial charge on any atom is -0.472 e. The Bertz CT molecular complexity index is 502. The third-order valence-electron chi connectivity index (χ3n) is 3.53. The first-order valence-electron chi connectivity index (χ1n) is 7.43. The standard InChI is InChI=1S/C18H25NO/c1-14(2)19-12-18(11-17-7-8-20-13-17)10-16-6-4-5-15(3)9-16/h4-9,13-14,18-19H,10-12H2,1-3H3. The lowest BCUT2D eigenvalue weighted by atomic mass is 9.92. The lowest BCUT2D eigenvalue weighted by Gasteiger charge is -2.19. The number of benzene rings is 1. The molecule has 0 aliphatic rings. The van der Waals surface area contributed by atoms with Crippen molar-refractivity contribution < 1.29 is 4.42 Å². The summed E-state index contributed by atoms with van der Waals surface area (Å²) in [5.41, 5.74) is 4.04. The molecule has 0 bridgehead atoms. The van der Waals surface area contributed by atoms with Gasteiger partial charge in [-0.15, -0.1) is 0 Å². The molecule has 0 aliphatic carbocycles. The van der Waals surface area contributed by atoms with Crippen LogP contribution in [0.2, 0.25) is 0 Å². The van der Waals surface area contributed by atoms with Crippen molar-refractivity contribution in [1.29, 1.82) is 0 Å². The Balaban J connectivity index is 2.01. The maximum Gasteiger partial charge on any atom is 0.0934 e. The van der Waals surface area contributed by atoms with Crippen LogP contribution in [0, 0.1) is 12.8 Å². The zero-order valence-electron chi connectivity index (χ0n) is 12.7. The van der Waals surface area contributed by atoms with Crippen LogP contribution in [0.15, 0.2) is 47.3 Å². The number of nitrogens with one attached hydrogen (secondary N) is 1. The second-order valence-electron chi connectivity index (χ2n) is 5.96. The fourth-order valence-electron chi connectivity index (χ4n) is 2.53. The molecule has 2 rings (SSSR count). The molecule has 1 aromatic heterocycles. The van der Waals surface area contributed by atoms with Crippen molar-refractivity contribution in [2.45, 2.75) is 39.7 Å². The summed E-state index contributed by atoms with van der Waals surface area (Å²) in [4.78, 5) is 0. The molecule has 0 spiro atoms.